The molecule has 16 heteroatoms. The van der Waals surface area contributed by atoms with Crippen molar-refractivity contribution in [3.8, 4) is 46.0 Å². The zero-order chi connectivity index (χ0) is 72.8. The highest BCUT2D eigenvalue weighted by atomic mass is 16.6. The molecule has 12 aromatic carbocycles. The molecule has 0 heterocycles. The first-order valence-electron chi connectivity index (χ1n) is 34.7. The number of esters is 4. The van der Waals surface area contributed by atoms with Crippen LogP contribution in [-0.2, 0) is 71.8 Å². The summed E-state index contributed by atoms with van der Waals surface area (Å²) < 4.78 is 75.8. The molecule has 0 aliphatic heterocycles. The third-order valence-corrected chi connectivity index (χ3v) is 16.8. The minimum atomic E-state index is -1.72. The molecule has 0 saturated heterocycles. The van der Waals surface area contributed by atoms with Crippen LogP contribution in [0.15, 0.2) is 315 Å². The molecule has 0 atom stereocenters. The summed E-state index contributed by atoms with van der Waals surface area (Å²) in [6.07, 6.45) is -0.253. The van der Waals surface area contributed by atoms with Gasteiger partial charge in [-0.15, -0.1) is 0 Å². The molecule has 106 heavy (non-hydrogen) atoms. The molecule has 0 fully saturated rings. The SMILES string of the molecule is O=C(OCCC(COC(=O)c1cc(OCc2ccccc2)cc(OCc2ccccc2)c1)(COC(=O)c1cc(OCc2ccccc2)cc(OCc2ccccc2)c1)COC(=O)c1cc(OCc2ccccc2)cc(OCc2ccccc2)c1)c1cc(OCc2ccccc2)cc(OCc2ccccc2)c1. The van der Waals surface area contributed by atoms with Gasteiger partial charge in [0, 0.05) is 24.3 Å². The Labute approximate surface area is 616 Å². The van der Waals surface area contributed by atoms with E-state index in [9.17, 15) is 4.79 Å². The Morgan fingerprint density at radius 1 is 0.208 bits per heavy atom. The van der Waals surface area contributed by atoms with Gasteiger partial charge in [0.05, 0.1) is 34.3 Å². The van der Waals surface area contributed by atoms with Crippen molar-refractivity contribution in [3.05, 3.63) is 382 Å². The predicted molar refractivity (Wildman–Crippen MR) is 400 cm³/mol. The number of carbonyl (C=O) groups excluding carboxylic acids is 4. The van der Waals surface area contributed by atoms with E-state index < -0.39 is 55.7 Å². The molecule has 16 nitrogen and oxygen atoms in total. The Hall–Kier alpha value is -13.1. The van der Waals surface area contributed by atoms with Crippen molar-refractivity contribution in [2.24, 2.45) is 5.41 Å². The average molecular weight is 1420 g/mol. The standard InChI is InChI=1S/C90H78O16/c91-86(74-43-78(96-55-66-25-9-1-10-26-66)51-79(44-74)97-56-67-27-11-2-12-28-67)95-42-41-90(63-104-87(92)75-45-80(98-57-68-29-13-3-14-30-68)52-81(46-75)99-58-69-31-15-4-16-32-69,64-105-88(93)76-47-82(100-59-70-33-17-5-18-34-70)53-83(48-76)101-60-71-35-19-6-20-36-71)65-106-89(94)77-49-84(102-61-72-37-21-7-22-38-72)54-85(50-77)103-62-73-39-23-8-24-40-73/h1-40,43-54H,41-42,55-65H2. The number of ether oxygens (including phenoxy) is 12. The van der Waals surface area contributed by atoms with Crippen molar-refractivity contribution in [1.29, 1.82) is 0 Å². The lowest BCUT2D eigenvalue weighted by Gasteiger charge is -2.32. The fraction of sp³-hybridized carbons (Fsp3) is 0.156. The van der Waals surface area contributed by atoms with E-state index in [1.54, 1.807) is 36.4 Å². The lowest BCUT2D eigenvalue weighted by Crippen LogP contribution is -2.41. The van der Waals surface area contributed by atoms with E-state index in [0.717, 1.165) is 44.5 Å². The summed E-state index contributed by atoms with van der Waals surface area (Å²) in [6.45, 7) is -0.881. The quantitative estimate of drug-likeness (QED) is 0.0265. The van der Waals surface area contributed by atoms with Crippen LogP contribution in [0.3, 0.4) is 0 Å². The Bertz CT molecular complexity index is 4150. The van der Waals surface area contributed by atoms with Crippen LogP contribution in [0.2, 0.25) is 0 Å². The van der Waals surface area contributed by atoms with E-state index in [0.29, 0.717) is 46.0 Å². The number of carbonyl (C=O) groups is 4. The smallest absolute Gasteiger partial charge is 0.338 e. The van der Waals surface area contributed by atoms with Crippen molar-refractivity contribution in [1.82, 2.24) is 0 Å². The second-order valence-corrected chi connectivity index (χ2v) is 25.1. The second kappa shape index (κ2) is 37.7. The second-order valence-electron chi connectivity index (χ2n) is 25.1. The molecule has 0 saturated carbocycles. The first-order chi connectivity index (χ1) is 52.1. The molecule has 0 aliphatic rings. The summed E-state index contributed by atoms with van der Waals surface area (Å²) in [6, 6.07) is 95.5. The highest BCUT2D eigenvalue weighted by Crippen LogP contribution is 2.34. The van der Waals surface area contributed by atoms with Crippen LogP contribution in [0.4, 0.5) is 0 Å². The van der Waals surface area contributed by atoms with Gasteiger partial charge in [0.1, 0.15) is 119 Å². The number of hydrogen-bond donors (Lipinski definition) is 0. The van der Waals surface area contributed by atoms with Crippen molar-refractivity contribution < 1.29 is 76.0 Å². The van der Waals surface area contributed by atoms with E-state index in [4.69, 9.17) is 56.8 Å². The van der Waals surface area contributed by atoms with E-state index >= 15 is 14.4 Å². The van der Waals surface area contributed by atoms with Gasteiger partial charge in [-0.3, -0.25) is 0 Å². The molecule has 0 bridgehead atoms. The minimum Gasteiger partial charge on any atom is -0.489 e. The third kappa shape index (κ3) is 22.7. The van der Waals surface area contributed by atoms with Gasteiger partial charge >= 0.3 is 23.9 Å². The predicted octanol–water partition coefficient (Wildman–Crippen LogP) is 18.4. The topological polar surface area (TPSA) is 179 Å². The molecule has 534 valence electrons. The zero-order valence-corrected chi connectivity index (χ0v) is 58.2. The largest absolute Gasteiger partial charge is 0.489 e. The lowest BCUT2D eigenvalue weighted by atomic mass is 9.87. The highest BCUT2D eigenvalue weighted by Gasteiger charge is 2.38. The Kier molecular flexibility index (Phi) is 25.9. The fourth-order valence-electron chi connectivity index (χ4n) is 11.0. The Morgan fingerprint density at radius 2 is 0.368 bits per heavy atom. The van der Waals surface area contributed by atoms with Gasteiger partial charge in [0.2, 0.25) is 0 Å². The maximum Gasteiger partial charge on any atom is 0.338 e. The maximum absolute atomic E-state index is 15.1. The van der Waals surface area contributed by atoms with E-state index in [-0.39, 0.29) is 81.5 Å². The number of hydrogen-bond acceptors (Lipinski definition) is 16. The van der Waals surface area contributed by atoms with Gasteiger partial charge in [-0.1, -0.05) is 243 Å². The molecule has 0 aromatic heterocycles. The van der Waals surface area contributed by atoms with Gasteiger partial charge in [-0.05, 0) is 99.5 Å². The molecule has 0 spiro atoms. The van der Waals surface area contributed by atoms with E-state index in [1.165, 1.54) is 36.4 Å². The highest BCUT2D eigenvalue weighted by molar-refractivity contribution is 5.92. The van der Waals surface area contributed by atoms with Gasteiger partial charge in [-0.25, -0.2) is 19.2 Å². The van der Waals surface area contributed by atoms with Crippen LogP contribution in [0.1, 0.15) is 92.4 Å². The van der Waals surface area contributed by atoms with Crippen LogP contribution in [0.25, 0.3) is 0 Å². The van der Waals surface area contributed by atoms with Crippen LogP contribution >= 0.6 is 0 Å². The lowest BCUT2D eigenvalue weighted by molar-refractivity contribution is -0.0479. The summed E-state index contributed by atoms with van der Waals surface area (Å²) in [5, 5.41) is 0. The van der Waals surface area contributed by atoms with Gasteiger partial charge in [0.15, 0.2) is 0 Å². The van der Waals surface area contributed by atoms with Gasteiger partial charge in [-0.2, -0.15) is 0 Å². The van der Waals surface area contributed by atoms with Crippen LogP contribution in [-0.4, -0.2) is 50.3 Å². The van der Waals surface area contributed by atoms with Crippen LogP contribution in [0, 0.1) is 5.41 Å². The molecule has 12 aromatic rings. The van der Waals surface area contributed by atoms with Crippen LogP contribution in [0.5, 0.6) is 46.0 Å². The van der Waals surface area contributed by atoms with Crippen LogP contribution < -0.4 is 37.9 Å². The summed E-state index contributed by atoms with van der Waals surface area (Å²) in [5.41, 5.74) is 5.52. The normalized spacial score (nSPS) is 10.9. The van der Waals surface area contributed by atoms with E-state index in [1.807, 2.05) is 243 Å². The van der Waals surface area contributed by atoms with Crippen molar-refractivity contribution in [2.45, 2.75) is 59.3 Å². The van der Waals surface area contributed by atoms with Crippen molar-refractivity contribution in [2.75, 3.05) is 26.4 Å². The Balaban J connectivity index is 0.894. The summed E-state index contributed by atoms with van der Waals surface area (Å²) >= 11 is 0. The first-order valence-corrected chi connectivity index (χ1v) is 34.7. The van der Waals surface area contributed by atoms with Crippen molar-refractivity contribution in [3.63, 3.8) is 0 Å². The molecule has 0 amide bonds. The Morgan fingerprint density at radius 3 is 0.538 bits per heavy atom. The molecule has 12 rings (SSSR count). The fourth-order valence-corrected chi connectivity index (χ4v) is 11.0. The number of benzene rings is 12. The summed E-state index contributed by atoms with van der Waals surface area (Å²) in [7, 11) is 0. The van der Waals surface area contributed by atoms with Gasteiger partial charge in [0.25, 0.3) is 0 Å². The van der Waals surface area contributed by atoms with E-state index in [2.05, 4.69) is 0 Å². The third-order valence-electron chi connectivity index (χ3n) is 16.8. The summed E-state index contributed by atoms with van der Waals surface area (Å²) in [4.78, 5) is 60.0. The zero-order valence-electron chi connectivity index (χ0n) is 58.2. The minimum absolute atomic E-state index is 0.0355. The monoisotopic (exact) mass is 1410 g/mol. The molecule has 0 unspecified atom stereocenters. The maximum atomic E-state index is 15.1. The molecule has 0 aliphatic carbocycles. The molecule has 0 radical (unpaired) electrons. The molecule has 0 N–H and O–H groups in total. The van der Waals surface area contributed by atoms with Gasteiger partial charge < -0.3 is 56.8 Å². The average Bonchev–Trinajstić information content (AvgIpc) is 0.837. The number of rotatable bonds is 37. The molecular formula is C90H78O16. The van der Waals surface area contributed by atoms with Crippen molar-refractivity contribution >= 4 is 23.9 Å². The molecular weight excluding hydrogens is 1340 g/mol. The first kappa shape index (κ1) is 72.7. The summed E-state index contributed by atoms with van der Waals surface area (Å²) in [5.74, 6) is -0.871.